The van der Waals surface area contributed by atoms with Gasteiger partial charge in [0.1, 0.15) is 5.82 Å². The summed E-state index contributed by atoms with van der Waals surface area (Å²) >= 11 is 0. The summed E-state index contributed by atoms with van der Waals surface area (Å²) in [6.45, 7) is 7.56. The normalized spacial score (nSPS) is 12.6. The molecule has 1 aromatic carbocycles. The lowest BCUT2D eigenvalue weighted by atomic mass is 10.1. The van der Waals surface area contributed by atoms with Crippen LogP contribution in [-0.2, 0) is 17.8 Å². The van der Waals surface area contributed by atoms with Crippen LogP contribution in [0.3, 0.4) is 0 Å². The Morgan fingerprint density at radius 1 is 1.21 bits per heavy atom. The number of nitrogens with one attached hydrogen (secondary N) is 1. The molecule has 0 saturated heterocycles. The Kier molecular flexibility index (Phi) is 6.29. The zero-order chi connectivity index (χ0) is 17.7. The summed E-state index contributed by atoms with van der Waals surface area (Å²) < 4.78 is 18.4. The third kappa shape index (κ3) is 4.52. The van der Waals surface area contributed by atoms with Crippen LogP contribution in [0.25, 0.3) is 0 Å². The van der Waals surface area contributed by atoms with Crippen LogP contribution in [0, 0.1) is 19.7 Å². The van der Waals surface area contributed by atoms with Gasteiger partial charge in [-0.25, -0.2) is 4.39 Å². The average molecular weight is 332 g/mol. The number of pyridine rings is 1. The van der Waals surface area contributed by atoms with Gasteiger partial charge in [-0.05, 0) is 38.5 Å². The third-order valence-corrected chi connectivity index (χ3v) is 4.31. The molecule has 1 heterocycles. The van der Waals surface area contributed by atoms with E-state index < -0.39 is 0 Å². The van der Waals surface area contributed by atoms with Crippen molar-refractivity contribution in [2.45, 2.75) is 39.9 Å². The van der Waals surface area contributed by atoms with E-state index in [1.807, 2.05) is 6.92 Å². The Morgan fingerprint density at radius 2 is 1.88 bits per heavy atom. The number of aryl methyl sites for hydroxylation is 1. The molecule has 0 bridgehead atoms. The number of aromatic amines is 1. The van der Waals surface area contributed by atoms with Crippen molar-refractivity contribution in [1.29, 1.82) is 0 Å². The standard InChI is InChI=1S/C19H25FN2O2/c1-13-9-21-18(15(3)19(13)23)11-22(14(2)12-24-4)10-16-5-7-17(20)8-6-16/h5-9,14H,10-12H2,1-4H3,(H,21,23)/t14-/m1/s1. The smallest absolute Gasteiger partial charge is 0.187 e. The molecule has 0 spiro atoms. The van der Waals surface area contributed by atoms with Crippen molar-refractivity contribution in [2.24, 2.45) is 0 Å². The number of ether oxygens (including phenoxy) is 1. The van der Waals surface area contributed by atoms with Gasteiger partial charge in [0.15, 0.2) is 5.43 Å². The number of aromatic nitrogens is 1. The largest absolute Gasteiger partial charge is 0.383 e. The summed E-state index contributed by atoms with van der Waals surface area (Å²) in [6, 6.07) is 6.66. The van der Waals surface area contributed by atoms with Gasteiger partial charge >= 0.3 is 0 Å². The number of halogens is 1. The fourth-order valence-electron chi connectivity index (χ4n) is 2.71. The van der Waals surface area contributed by atoms with Gasteiger partial charge < -0.3 is 9.72 Å². The van der Waals surface area contributed by atoms with Crippen LogP contribution in [0.1, 0.15) is 29.3 Å². The molecule has 1 N–H and O–H groups in total. The monoisotopic (exact) mass is 332 g/mol. The molecule has 5 heteroatoms. The number of hydrogen-bond acceptors (Lipinski definition) is 3. The average Bonchev–Trinajstić information content (AvgIpc) is 2.56. The number of nitrogens with zero attached hydrogens (tertiary/aromatic N) is 1. The lowest BCUT2D eigenvalue weighted by Gasteiger charge is -2.29. The maximum absolute atomic E-state index is 13.1. The first-order valence-electron chi connectivity index (χ1n) is 8.07. The second kappa shape index (κ2) is 8.22. The Morgan fingerprint density at radius 3 is 2.50 bits per heavy atom. The van der Waals surface area contributed by atoms with Crippen LogP contribution < -0.4 is 5.43 Å². The minimum atomic E-state index is -0.242. The number of hydrogen-bond donors (Lipinski definition) is 1. The van der Waals surface area contributed by atoms with Crippen molar-refractivity contribution in [3.63, 3.8) is 0 Å². The Balaban J connectivity index is 2.24. The van der Waals surface area contributed by atoms with Gasteiger partial charge in [0.2, 0.25) is 0 Å². The van der Waals surface area contributed by atoms with Crippen molar-refractivity contribution < 1.29 is 9.13 Å². The maximum atomic E-state index is 13.1. The van der Waals surface area contributed by atoms with E-state index in [0.717, 1.165) is 16.8 Å². The minimum Gasteiger partial charge on any atom is -0.383 e. The highest BCUT2D eigenvalue weighted by molar-refractivity contribution is 5.24. The first kappa shape index (κ1) is 18.4. The number of H-pyrrole nitrogens is 1. The minimum absolute atomic E-state index is 0.0740. The van der Waals surface area contributed by atoms with Crippen molar-refractivity contribution in [3.05, 3.63) is 68.9 Å². The van der Waals surface area contributed by atoms with Gasteiger partial charge in [0.25, 0.3) is 0 Å². The van der Waals surface area contributed by atoms with E-state index in [9.17, 15) is 9.18 Å². The topological polar surface area (TPSA) is 45.3 Å². The highest BCUT2D eigenvalue weighted by Gasteiger charge is 2.17. The molecule has 0 saturated carbocycles. The maximum Gasteiger partial charge on any atom is 0.187 e. The van der Waals surface area contributed by atoms with E-state index in [0.29, 0.717) is 25.3 Å². The quantitative estimate of drug-likeness (QED) is 0.847. The lowest BCUT2D eigenvalue weighted by Crippen LogP contribution is -2.36. The molecule has 0 aliphatic rings. The molecule has 0 unspecified atom stereocenters. The molecule has 0 radical (unpaired) electrons. The molecular weight excluding hydrogens is 307 g/mol. The molecule has 4 nitrogen and oxygen atoms in total. The van der Waals surface area contributed by atoms with Crippen molar-refractivity contribution in [2.75, 3.05) is 13.7 Å². The summed E-state index contributed by atoms with van der Waals surface area (Å²) in [5.74, 6) is -0.242. The van der Waals surface area contributed by atoms with Gasteiger partial charge in [-0.3, -0.25) is 9.69 Å². The Hall–Kier alpha value is -1.98. The molecule has 0 fully saturated rings. The van der Waals surface area contributed by atoms with E-state index in [2.05, 4.69) is 16.8 Å². The zero-order valence-corrected chi connectivity index (χ0v) is 14.7. The van der Waals surface area contributed by atoms with Crippen molar-refractivity contribution >= 4 is 0 Å². The van der Waals surface area contributed by atoms with Gasteiger partial charge in [-0.1, -0.05) is 12.1 Å². The summed E-state index contributed by atoms with van der Waals surface area (Å²) in [5, 5.41) is 0. The number of methoxy groups -OCH3 is 1. The predicted octanol–water partition coefficient (Wildman–Crippen LogP) is 3.17. The van der Waals surface area contributed by atoms with Crippen LogP contribution in [-0.4, -0.2) is 29.6 Å². The van der Waals surface area contributed by atoms with E-state index in [1.165, 1.54) is 12.1 Å². The molecule has 1 aromatic heterocycles. The summed E-state index contributed by atoms with van der Waals surface area (Å²) in [5.41, 5.74) is 3.45. The highest BCUT2D eigenvalue weighted by Crippen LogP contribution is 2.14. The van der Waals surface area contributed by atoms with Gasteiger partial charge in [-0.15, -0.1) is 0 Å². The SMILES string of the molecule is COC[C@@H](C)N(Cc1ccc(F)cc1)Cc1[nH]cc(C)c(=O)c1C. The van der Waals surface area contributed by atoms with E-state index in [-0.39, 0.29) is 17.3 Å². The summed E-state index contributed by atoms with van der Waals surface area (Å²) in [6.07, 6.45) is 1.75. The Labute approximate surface area is 142 Å². The number of benzene rings is 1. The molecule has 0 aliphatic heterocycles. The van der Waals surface area contributed by atoms with E-state index in [1.54, 1.807) is 32.4 Å². The van der Waals surface area contributed by atoms with Crippen molar-refractivity contribution in [1.82, 2.24) is 9.88 Å². The van der Waals surface area contributed by atoms with Crippen molar-refractivity contribution in [3.8, 4) is 0 Å². The summed E-state index contributed by atoms with van der Waals surface area (Å²) in [4.78, 5) is 17.6. The Bertz CT molecular complexity index is 725. The first-order valence-corrected chi connectivity index (χ1v) is 8.07. The van der Waals surface area contributed by atoms with Crippen LogP contribution in [0.15, 0.2) is 35.3 Å². The fourth-order valence-corrected chi connectivity index (χ4v) is 2.71. The van der Waals surface area contributed by atoms with Crippen LogP contribution in [0.4, 0.5) is 4.39 Å². The second-order valence-corrected chi connectivity index (χ2v) is 6.24. The molecule has 130 valence electrons. The molecule has 0 amide bonds. The first-order chi connectivity index (χ1) is 11.4. The second-order valence-electron chi connectivity index (χ2n) is 6.24. The molecule has 1 atom stereocenters. The lowest BCUT2D eigenvalue weighted by molar-refractivity contribution is 0.0885. The molecule has 0 aliphatic carbocycles. The van der Waals surface area contributed by atoms with Crippen LogP contribution in [0.5, 0.6) is 0 Å². The fraction of sp³-hybridized carbons (Fsp3) is 0.421. The van der Waals surface area contributed by atoms with Gasteiger partial charge in [0.05, 0.1) is 6.61 Å². The van der Waals surface area contributed by atoms with Crippen LogP contribution >= 0.6 is 0 Å². The molecule has 2 rings (SSSR count). The van der Waals surface area contributed by atoms with Crippen LogP contribution in [0.2, 0.25) is 0 Å². The van der Waals surface area contributed by atoms with E-state index >= 15 is 0 Å². The molecular formula is C19H25FN2O2. The zero-order valence-electron chi connectivity index (χ0n) is 14.7. The van der Waals surface area contributed by atoms with E-state index in [4.69, 9.17) is 4.74 Å². The van der Waals surface area contributed by atoms with Gasteiger partial charge in [0, 0.05) is 49.3 Å². The summed E-state index contributed by atoms with van der Waals surface area (Å²) in [7, 11) is 1.67. The number of rotatable bonds is 7. The molecule has 24 heavy (non-hydrogen) atoms. The molecule has 2 aromatic rings. The predicted molar refractivity (Wildman–Crippen MR) is 93.5 cm³/mol. The van der Waals surface area contributed by atoms with Gasteiger partial charge in [-0.2, -0.15) is 0 Å². The third-order valence-electron chi connectivity index (χ3n) is 4.31. The highest BCUT2D eigenvalue weighted by atomic mass is 19.1.